The van der Waals surface area contributed by atoms with Crippen molar-refractivity contribution < 1.29 is 76.5 Å². The molecule has 1 aliphatic heterocycles. The highest BCUT2D eigenvalue weighted by Gasteiger charge is 2.46. The summed E-state index contributed by atoms with van der Waals surface area (Å²) in [5.41, 5.74) is 4.56. The van der Waals surface area contributed by atoms with Crippen molar-refractivity contribution in [2.45, 2.75) is 172 Å². The zero-order valence-electron chi connectivity index (χ0n) is 44.0. The summed E-state index contributed by atoms with van der Waals surface area (Å²) in [6.07, 6.45) is 39.6. The van der Waals surface area contributed by atoms with Crippen LogP contribution in [0.25, 0.3) is 0 Å². The normalized spacial score (nSPS) is 20.4. The SMILES string of the molecule is CC/C=C\C[C@@H](O)/C=C/C=C\C=C\[C@@H](O)C/C=C\C/C=C\CCC(=O)OC[C@H](COP(=O)(O)OP(=O)(O)OC[C@H]1O[C@@H](n2ccc(N)nc2=O)[C@H](O)[C@@H]1O)OC(=O)CCC/C=C\C/C=C\C/C=C\CCCCCCCC. The van der Waals surface area contributed by atoms with E-state index < -0.39 is 95.9 Å². The van der Waals surface area contributed by atoms with E-state index in [1.807, 2.05) is 49.5 Å². The van der Waals surface area contributed by atoms with Gasteiger partial charge in [-0.2, -0.15) is 9.29 Å². The maximum Gasteiger partial charge on any atom is 0.481 e. The van der Waals surface area contributed by atoms with E-state index in [1.54, 1.807) is 42.5 Å². The number of phosphoric ester groups is 2. The van der Waals surface area contributed by atoms with Crippen LogP contribution in [0, 0.1) is 0 Å². The van der Waals surface area contributed by atoms with Gasteiger partial charge in [0.15, 0.2) is 12.3 Å². The van der Waals surface area contributed by atoms with Crippen LogP contribution in [0.1, 0.15) is 136 Å². The van der Waals surface area contributed by atoms with Gasteiger partial charge in [-0.15, -0.1) is 0 Å². The van der Waals surface area contributed by atoms with Crippen LogP contribution < -0.4 is 11.4 Å². The van der Waals surface area contributed by atoms with E-state index in [4.69, 9.17) is 29.0 Å². The minimum Gasteiger partial charge on any atom is -0.462 e. The Hall–Kier alpha value is -4.66. The predicted octanol–water partition coefficient (Wildman–Crippen LogP) is 8.94. The number of aliphatic hydroxyl groups is 4. The summed E-state index contributed by atoms with van der Waals surface area (Å²) >= 11 is 0. The second-order valence-electron chi connectivity index (χ2n) is 17.7. The van der Waals surface area contributed by atoms with E-state index in [0.717, 1.165) is 36.4 Å². The van der Waals surface area contributed by atoms with Crippen LogP contribution in [0.15, 0.2) is 126 Å². The molecule has 0 radical (unpaired) electrons. The summed E-state index contributed by atoms with van der Waals surface area (Å²) in [6.45, 7) is 1.73. The quantitative estimate of drug-likeness (QED) is 0.0106. The summed E-state index contributed by atoms with van der Waals surface area (Å²) in [7, 11) is -11.0. The van der Waals surface area contributed by atoms with Gasteiger partial charge in [0.1, 0.15) is 30.7 Å². The highest BCUT2D eigenvalue weighted by atomic mass is 31.3. The van der Waals surface area contributed by atoms with Crippen molar-refractivity contribution in [2.24, 2.45) is 0 Å². The maximum absolute atomic E-state index is 12.9. The number of allylic oxidation sites excluding steroid dienone is 14. The van der Waals surface area contributed by atoms with Gasteiger partial charge >= 0.3 is 33.3 Å². The number of hydrogen-bond donors (Lipinski definition) is 7. The molecule has 1 aromatic rings. The average molecular weight is 1110 g/mol. The van der Waals surface area contributed by atoms with E-state index in [9.17, 15) is 53.7 Å². The van der Waals surface area contributed by atoms with E-state index in [-0.39, 0.29) is 25.1 Å². The van der Waals surface area contributed by atoms with Crippen LogP contribution in [0.3, 0.4) is 0 Å². The Morgan fingerprint density at radius 1 is 0.711 bits per heavy atom. The van der Waals surface area contributed by atoms with Crippen LogP contribution >= 0.6 is 15.6 Å². The summed E-state index contributed by atoms with van der Waals surface area (Å²) < 4.78 is 56.6. The number of hydrogen-bond acceptors (Lipinski definition) is 17. The minimum atomic E-state index is -5.48. The first-order valence-corrected chi connectivity index (χ1v) is 29.1. The molecule has 1 aliphatic rings. The number of rotatable bonds is 41. The number of esters is 2. The minimum absolute atomic E-state index is 0.0660. The van der Waals surface area contributed by atoms with Crippen molar-refractivity contribution in [3.63, 3.8) is 0 Å². The second kappa shape index (κ2) is 40.5. The molecule has 1 fully saturated rings. The average Bonchev–Trinajstić information content (AvgIpc) is 3.65. The standard InChI is InChI=1S/C54H83N3O17P2/c1-3-5-7-8-9-10-11-12-13-14-15-16-17-18-19-24-32-38-50(61)72-46(41-69-49(60)37-31-23-21-20-22-28-34-45(59)36-30-26-25-29-35-44(58)33-27-6-4-2)42-70-75(65,66)74-76(67,68)71-43-47-51(62)52(63)53(73-47)57-40-39-48(55)56-54(57)64/h6,12-13,15-16,18-19,21-23,25-30,35-36,39-40,44-47,51-53,58-59,62-63H,3-5,7-11,14,17,20,24,31-34,37-38,41-43H2,1-2H3,(H,65,66)(H,67,68)(H2,55,56,64)/b13-12-,16-15-,19-18-,23-21-,26-25-,27-6-,28-22-,35-29+,36-30+/t44-,45+,46-,47-,51-,52-,53-/m1/s1. The molecule has 2 heterocycles. The van der Waals surface area contributed by atoms with Gasteiger partial charge in [0.25, 0.3) is 0 Å². The maximum atomic E-state index is 12.9. The summed E-state index contributed by atoms with van der Waals surface area (Å²) in [6, 6.07) is 1.23. The molecule has 0 bridgehead atoms. The second-order valence-corrected chi connectivity index (χ2v) is 20.7. The van der Waals surface area contributed by atoms with Gasteiger partial charge in [-0.05, 0) is 76.7 Å². The number of anilines is 1. The molecule has 0 aliphatic carbocycles. The lowest BCUT2D eigenvalue weighted by Gasteiger charge is -2.21. The van der Waals surface area contributed by atoms with Crippen molar-refractivity contribution in [3.8, 4) is 0 Å². The molecule has 0 spiro atoms. The Labute approximate surface area is 447 Å². The Bertz CT molecular complexity index is 2240. The van der Waals surface area contributed by atoms with Gasteiger partial charge in [0.05, 0.1) is 25.4 Å². The topological polar surface area (TPSA) is 306 Å². The van der Waals surface area contributed by atoms with Crippen LogP contribution in [-0.4, -0.2) is 108 Å². The number of aliphatic hydroxyl groups excluding tert-OH is 4. The van der Waals surface area contributed by atoms with Crippen LogP contribution in [0.2, 0.25) is 0 Å². The number of nitrogens with zero attached hydrogens (tertiary/aromatic N) is 2. The van der Waals surface area contributed by atoms with Gasteiger partial charge in [0.2, 0.25) is 0 Å². The highest BCUT2D eigenvalue weighted by Crippen LogP contribution is 2.60. The number of nitrogen functional groups attached to an aromatic ring is 1. The van der Waals surface area contributed by atoms with Crippen LogP contribution in [0.5, 0.6) is 0 Å². The number of carbonyl (C=O) groups is 2. The number of ether oxygens (including phenoxy) is 3. The Kier molecular flexibility index (Phi) is 36.0. The molecule has 76 heavy (non-hydrogen) atoms. The fourth-order valence-corrected chi connectivity index (χ4v) is 9.05. The number of phosphoric acid groups is 2. The molecular formula is C54H83N3O17P2. The lowest BCUT2D eigenvalue weighted by molar-refractivity contribution is -0.161. The predicted molar refractivity (Wildman–Crippen MR) is 291 cm³/mol. The highest BCUT2D eigenvalue weighted by molar-refractivity contribution is 7.61. The van der Waals surface area contributed by atoms with Crippen molar-refractivity contribution in [2.75, 3.05) is 25.6 Å². The molecule has 2 rings (SSSR count). The third-order valence-electron chi connectivity index (χ3n) is 11.0. The summed E-state index contributed by atoms with van der Waals surface area (Å²) in [5.74, 6) is -1.55. The van der Waals surface area contributed by atoms with E-state index in [2.05, 4.69) is 40.5 Å². The van der Waals surface area contributed by atoms with Gasteiger partial charge in [0, 0.05) is 19.0 Å². The molecule has 0 aromatic carbocycles. The van der Waals surface area contributed by atoms with Crippen molar-refractivity contribution in [3.05, 3.63) is 132 Å². The first-order chi connectivity index (χ1) is 36.5. The lowest BCUT2D eigenvalue weighted by atomic mass is 10.1. The largest absolute Gasteiger partial charge is 0.481 e. The molecule has 20 nitrogen and oxygen atoms in total. The van der Waals surface area contributed by atoms with Gasteiger partial charge in [-0.25, -0.2) is 13.9 Å². The van der Waals surface area contributed by atoms with E-state index >= 15 is 0 Å². The Balaban J connectivity index is 1.88. The zero-order chi connectivity index (χ0) is 55.9. The molecule has 8 N–H and O–H groups in total. The number of aromatic nitrogens is 2. The number of unbranched alkanes of at least 4 members (excludes halogenated alkanes) is 7. The Morgan fingerprint density at radius 2 is 1.28 bits per heavy atom. The molecule has 2 unspecified atom stereocenters. The van der Waals surface area contributed by atoms with E-state index in [1.165, 1.54) is 44.6 Å². The summed E-state index contributed by atoms with van der Waals surface area (Å²) in [4.78, 5) is 61.9. The molecule has 9 atom stereocenters. The molecule has 1 saturated heterocycles. The monoisotopic (exact) mass is 1110 g/mol. The number of carbonyl (C=O) groups excluding carboxylic acids is 2. The lowest BCUT2D eigenvalue weighted by Crippen LogP contribution is -2.36. The van der Waals surface area contributed by atoms with Crippen molar-refractivity contribution in [1.82, 2.24) is 9.55 Å². The van der Waals surface area contributed by atoms with Gasteiger partial charge < -0.3 is 50.2 Å². The first kappa shape index (κ1) is 67.4. The molecular weight excluding hydrogens is 1020 g/mol. The molecule has 1 aromatic heterocycles. The van der Waals surface area contributed by atoms with Crippen molar-refractivity contribution in [1.29, 1.82) is 0 Å². The molecule has 0 saturated carbocycles. The van der Waals surface area contributed by atoms with Crippen LogP contribution in [0.4, 0.5) is 5.82 Å². The van der Waals surface area contributed by atoms with Crippen LogP contribution in [-0.2, 0) is 46.3 Å². The fraction of sp³-hybridized carbons (Fsp3) is 0.556. The van der Waals surface area contributed by atoms with Gasteiger partial charge in [-0.1, -0.05) is 155 Å². The molecule has 0 amide bonds. The smallest absolute Gasteiger partial charge is 0.462 e. The zero-order valence-corrected chi connectivity index (χ0v) is 45.8. The number of nitrogens with two attached hydrogens (primary N) is 1. The first-order valence-electron chi connectivity index (χ1n) is 26.1. The Morgan fingerprint density at radius 3 is 1.91 bits per heavy atom. The van der Waals surface area contributed by atoms with Crippen molar-refractivity contribution >= 4 is 33.4 Å². The molecule has 22 heteroatoms. The summed E-state index contributed by atoms with van der Waals surface area (Å²) in [5, 5.41) is 41.0. The fourth-order valence-electron chi connectivity index (χ4n) is 6.94. The third kappa shape index (κ3) is 32.8. The third-order valence-corrected chi connectivity index (χ3v) is 13.6. The van der Waals surface area contributed by atoms with Gasteiger partial charge in [-0.3, -0.25) is 23.2 Å². The van der Waals surface area contributed by atoms with E-state index in [0.29, 0.717) is 32.1 Å². The molecule has 426 valence electrons.